The minimum absolute atomic E-state index is 0.135. The molecule has 0 bridgehead atoms. The van der Waals surface area contributed by atoms with Crippen LogP contribution in [-0.2, 0) is 0 Å². The molecule has 0 radical (unpaired) electrons. The molecule has 90 valence electrons. The summed E-state index contributed by atoms with van der Waals surface area (Å²) in [7, 11) is 0. The van der Waals surface area contributed by atoms with E-state index in [9.17, 15) is 4.79 Å². The lowest BCUT2D eigenvalue weighted by Crippen LogP contribution is -1.96. The maximum absolute atomic E-state index is 11.1. The molecule has 18 heavy (non-hydrogen) atoms. The molecule has 0 spiro atoms. The maximum Gasteiger partial charge on any atom is 0.339 e. The standard InChI is InChI=1S/C12H8ClN3O2/c13-6-1-2-10-7(3-6)8(4-14-10)11-9(12(17)18)5-15-16-11/h1-5,14H,(H,15,16)(H,17,18). The summed E-state index contributed by atoms with van der Waals surface area (Å²) in [6, 6.07) is 5.41. The zero-order valence-electron chi connectivity index (χ0n) is 9.07. The number of hydrogen-bond donors (Lipinski definition) is 3. The van der Waals surface area contributed by atoms with Gasteiger partial charge in [-0.1, -0.05) is 11.6 Å². The molecule has 2 aromatic heterocycles. The van der Waals surface area contributed by atoms with Gasteiger partial charge in [-0.2, -0.15) is 5.10 Å². The van der Waals surface area contributed by atoms with E-state index >= 15 is 0 Å². The lowest BCUT2D eigenvalue weighted by Gasteiger charge is -1.98. The van der Waals surface area contributed by atoms with Crippen LogP contribution in [0.2, 0.25) is 5.02 Å². The summed E-state index contributed by atoms with van der Waals surface area (Å²) in [6.07, 6.45) is 3.03. The Labute approximate surface area is 106 Å². The number of carbonyl (C=O) groups is 1. The van der Waals surface area contributed by atoms with Gasteiger partial charge in [0.05, 0.1) is 11.9 Å². The van der Waals surface area contributed by atoms with Crippen molar-refractivity contribution in [1.29, 1.82) is 0 Å². The number of nitrogens with one attached hydrogen (secondary N) is 2. The Kier molecular flexibility index (Phi) is 2.34. The van der Waals surface area contributed by atoms with Gasteiger partial charge in [-0.15, -0.1) is 0 Å². The van der Waals surface area contributed by atoms with Crippen molar-refractivity contribution >= 4 is 28.5 Å². The van der Waals surface area contributed by atoms with Crippen LogP contribution in [0.3, 0.4) is 0 Å². The molecule has 0 aliphatic heterocycles. The quantitative estimate of drug-likeness (QED) is 0.663. The number of aromatic nitrogens is 3. The Balaban J connectivity index is 2.28. The summed E-state index contributed by atoms with van der Waals surface area (Å²) in [5.41, 5.74) is 2.23. The first-order valence-corrected chi connectivity index (χ1v) is 5.58. The van der Waals surface area contributed by atoms with Crippen LogP contribution in [-0.4, -0.2) is 26.3 Å². The molecule has 3 aromatic rings. The van der Waals surface area contributed by atoms with E-state index in [-0.39, 0.29) is 5.56 Å². The van der Waals surface area contributed by atoms with Crippen LogP contribution >= 0.6 is 11.6 Å². The second kappa shape index (κ2) is 3.89. The van der Waals surface area contributed by atoms with Crippen molar-refractivity contribution < 1.29 is 9.90 Å². The van der Waals surface area contributed by atoms with Gasteiger partial charge >= 0.3 is 5.97 Å². The number of halogens is 1. The first kappa shape index (κ1) is 10.9. The summed E-state index contributed by atoms with van der Waals surface area (Å²) >= 11 is 5.96. The molecule has 0 atom stereocenters. The number of aromatic carboxylic acids is 1. The summed E-state index contributed by atoms with van der Waals surface area (Å²) in [5.74, 6) is -1.02. The third-order valence-corrected chi connectivity index (χ3v) is 3.02. The van der Waals surface area contributed by atoms with Crippen LogP contribution in [0, 0.1) is 0 Å². The van der Waals surface area contributed by atoms with Gasteiger partial charge in [0.25, 0.3) is 0 Å². The second-order valence-electron chi connectivity index (χ2n) is 3.86. The summed E-state index contributed by atoms with van der Waals surface area (Å²) in [4.78, 5) is 14.2. The number of aromatic amines is 2. The van der Waals surface area contributed by atoms with Crippen LogP contribution < -0.4 is 0 Å². The average molecular weight is 262 g/mol. The first-order chi connectivity index (χ1) is 8.66. The zero-order chi connectivity index (χ0) is 12.7. The number of rotatable bonds is 2. The van der Waals surface area contributed by atoms with Crippen molar-refractivity contribution in [3.05, 3.63) is 41.2 Å². The molecule has 3 N–H and O–H groups in total. The van der Waals surface area contributed by atoms with Crippen molar-refractivity contribution in [1.82, 2.24) is 15.2 Å². The average Bonchev–Trinajstić information content (AvgIpc) is 2.92. The fraction of sp³-hybridized carbons (Fsp3) is 0. The van der Waals surface area contributed by atoms with Crippen molar-refractivity contribution in [3.8, 4) is 11.3 Å². The molecular weight excluding hydrogens is 254 g/mol. The molecule has 0 saturated carbocycles. The van der Waals surface area contributed by atoms with E-state index in [0.29, 0.717) is 10.7 Å². The highest BCUT2D eigenvalue weighted by Crippen LogP contribution is 2.31. The molecule has 3 rings (SSSR count). The maximum atomic E-state index is 11.1. The SMILES string of the molecule is O=C(O)c1cn[nH]c1-c1c[nH]c2ccc(Cl)cc12. The van der Waals surface area contributed by atoms with E-state index in [1.165, 1.54) is 6.20 Å². The number of H-pyrrole nitrogens is 2. The third kappa shape index (κ3) is 1.56. The predicted molar refractivity (Wildman–Crippen MR) is 67.8 cm³/mol. The van der Waals surface area contributed by atoms with Gasteiger partial charge in [-0.25, -0.2) is 4.79 Å². The van der Waals surface area contributed by atoms with E-state index in [1.807, 2.05) is 6.07 Å². The van der Waals surface area contributed by atoms with Gasteiger partial charge in [0, 0.05) is 27.7 Å². The fourth-order valence-corrected chi connectivity index (χ4v) is 2.13. The zero-order valence-corrected chi connectivity index (χ0v) is 9.82. The summed E-state index contributed by atoms with van der Waals surface area (Å²) in [5, 5.41) is 17.0. The Hall–Kier alpha value is -2.27. The number of benzene rings is 1. The Morgan fingerprint density at radius 3 is 3.00 bits per heavy atom. The summed E-state index contributed by atoms with van der Waals surface area (Å²) < 4.78 is 0. The molecule has 0 amide bonds. The molecule has 0 aliphatic rings. The molecule has 0 saturated heterocycles. The van der Waals surface area contributed by atoms with E-state index in [1.54, 1.807) is 18.3 Å². The predicted octanol–water partition coefficient (Wildman–Crippen LogP) is 2.91. The molecule has 0 fully saturated rings. The van der Waals surface area contributed by atoms with Gasteiger partial charge < -0.3 is 10.1 Å². The van der Waals surface area contributed by atoms with Gasteiger partial charge in [-0.3, -0.25) is 5.10 Å². The van der Waals surface area contributed by atoms with Crippen molar-refractivity contribution in [2.75, 3.05) is 0 Å². The van der Waals surface area contributed by atoms with E-state index < -0.39 is 5.97 Å². The Morgan fingerprint density at radius 2 is 2.22 bits per heavy atom. The van der Waals surface area contributed by atoms with Gasteiger partial charge in [0.2, 0.25) is 0 Å². The monoisotopic (exact) mass is 261 g/mol. The molecule has 0 unspecified atom stereocenters. The third-order valence-electron chi connectivity index (χ3n) is 2.78. The minimum atomic E-state index is -1.02. The summed E-state index contributed by atoms with van der Waals surface area (Å²) in [6.45, 7) is 0. The van der Waals surface area contributed by atoms with Crippen LogP contribution in [0.4, 0.5) is 0 Å². The van der Waals surface area contributed by atoms with Crippen molar-refractivity contribution in [3.63, 3.8) is 0 Å². The van der Waals surface area contributed by atoms with Crippen molar-refractivity contribution in [2.24, 2.45) is 0 Å². The van der Waals surface area contributed by atoms with E-state index in [2.05, 4.69) is 15.2 Å². The molecule has 5 nitrogen and oxygen atoms in total. The normalized spacial score (nSPS) is 10.9. The van der Waals surface area contributed by atoms with Gasteiger partial charge in [-0.05, 0) is 18.2 Å². The van der Waals surface area contributed by atoms with Crippen LogP contribution in [0.5, 0.6) is 0 Å². The Morgan fingerprint density at radius 1 is 1.39 bits per heavy atom. The second-order valence-corrected chi connectivity index (χ2v) is 4.29. The highest BCUT2D eigenvalue weighted by atomic mass is 35.5. The molecular formula is C12H8ClN3O2. The lowest BCUT2D eigenvalue weighted by atomic mass is 10.1. The molecule has 2 heterocycles. The first-order valence-electron chi connectivity index (χ1n) is 5.20. The smallest absolute Gasteiger partial charge is 0.339 e. The van der Waals surface area contributed by atoms with Gasteiger partial charge in [0.1, 0.15) is 5.56 Å². The largest absolute Gasteiger partial charge is 0.478 e. The van der Waals surface area contributed by atoms with E-state index in [0.717, 1.165) is 16.5 Å². The highest BCUT2D eigenvalue weighted by molar-refractivity contribution is 6.31. The van der Waals surface area contributed by atoms with Crippen LogP contribution in [0.25, 0.3) is 22.2 Å². The van der Waals surface area contributed by atoms with Crippen LogP contribution in [0.1, 0.15) is 10.4 Å². The molecule has 6 heteroatoms. The number of hydrogen-bond acceptors (Lipinski definition) is 2. The number of carboxylic acids is 1. The topological polar surface area (TPSA) is 81.8 Å². The number of carboxylic acid groups (broad SMARTS) is 1. The van der Waals surface area contributed by atoms with Crippen LogP contribution in [0.15, 0.2) is 30.6 Å². The van der Waals surface area contributed by atoms with Gasteiger partial charge in [0.15, 0.2) is 0 Å². The molecule has 0 aliphatic carbocycles. The van der Waals surface area contributed by atoms with E-state index in [4.69, 9.17) is 16.7 Å². The minimum Gasteiger partial charge on any atom is -0.478 e. The van der Waals surface area contributed by atoms with Crippen molar-refractivity contribution in [2.45, 2.75) is 0 Å². The number of nitrogens with zero attached hydrogens (tertiary/aromatic N) is 1. The fourth-order valence-electron chi connectivity index (χ4n) is 1.95. The highest BCUT2D eigenvalue weighted by Gasteiger charge is 2.17. The Bertz CT molecular complexity index is 745. The lowest BCUT2D eigenvalue weighted by molar-refractivity contribution is 0.0698. The molecule has 1 aromatic carbocycles. The number of fused-ring (bicyclic) bond motifs is 1.